The minimum absolute atomic E-state index is 0.150. The van der Waals surface area contributed by atoms with Gasteiger partial charge in [0.25, 0.3) is 0 Å². The number of hydrogen-bond donors (Lipinski definition) is 1. The molecule has 0 aliphatic heterocycles. The first kappa shape index (κ1) is 16.9. The van der Waals surface area contributed by atoms with E-state index in [0.717, 1.165) is 30.2 Å². The molecule has 1 aromatic rings. The van der Waals surface area contributed by atoms with E-state index in [1.165, 1.54) is 0 Å². The van der Waals surface area contributed by atoms with E-state index in [1.54, 1.807) is 23.4 Å². The van der Waals surface area contributed by atoms with Crippen LogP contribution in [0.25, 0.3) is 0 Å². The molecule has 1 aromatic carbocycles. The molecule has 0 spiro atoms. The normalized spacial score (nSPS) is 15.7. The Morgan fingerprint density at radius 2 is 2.05 bits per heavy atom. The Kier molecular flexibility index (Phi) is 5.46. The predicted octanol–water partition coefficient (Wildman–Crippen LogP) is 3.20. The van der Waals surface area contributed by atoms with Gasteiger partial charge in [-0.2, -0.15) is 4.31 Å². The van der Waals surface area contributed by atoms with Gasteiger partial charge in [-0.1, -0.05) is 29.3 Å². The zero-order chi connectivity index (χ0) is 15.6. The summed E-state index contributed by atoms with van der Waals surface area (Å²) in [5.41, 5.74) is 1.31. The van der Waals surface area contributed by atoms with Crippen LogP contribution in [0.1, 0.15) is 43.7 Å². The van der Waals surface area contributed by atoms with Gasteiger partial charge in [0.15, 0.2) is 0 Å². The van der Waals surface area contributed by atoms with Crippen LogP contribution in [0.3, 0.4) is 0 Å². The fraction of sp³-hybridized carbons (Fsp3) is 0.600. The molecule has 0 atom stereocenters. The Bertz CT molecular complexity index is 612. The summed E-state index contributed by atoms with van der Waals surface area (Å²) in [4.78, 5) is 0.309. The molecule has 21 heavy (non-hydrogen) atoms. The molecule has 2 rings (SSSR count). The Labute approximate surface area is 135 Å². The second-order valence-corrected chi connectivity index (χ2v) is 8.27. The summed E-state index contributed by atoms with van der Waals surface area (Å²) in [6.45, 7) is 4.26. The average molecular weight is 376 g/mol. The van der Waals surface area contributed by atoms with Gasteiger partial charge in [-0.25, -0.2) is 8.42 Å². The van der Waals surface area contributed by atoms with Gasteiger partial charge in [0.1, 0.15) is 0 Å². The monoisotopic (exact) mass is 375 g/mol. The Hall–Kier alpha value is -0.430. The number of halogens is 1. The summed E-state index contributed by atoms with van der Waals surface area (Å²) in [6.07, 6.45) is 3.74. The fourth-order valence-corrected chi connectivity index (χ4v) is 5.03. The van der Waals surface area contributed by atoms with Gasteiger partial charge < -0.3 is 5.11 Å². The van der Waals surface area contributed by atoms with Gasteiger partial charge in [0.05, 0.1) is 11.5 Å². The van der Waals surface area contributed by atoms with E-state index in [0.29, 0.717) is 22.6 Å². The zero-order valence-electron chi connectivity index (χ0n) is 12.5. The lowest BCUT2D eigenvalue weighted by molar-refractivity contribution is 0.281. The maximum atomic E-state index is 13.0. The van der Waals surface area contributed by atoms with Crippen LogP contribution in [0.4, 0.5) is 0 Å². The van der Waals surface area contributed by atoms with Gasteiger partial charge in [-0.3, -0.25) is 0 Å². The molecule has 4 nitrogen and oxygen atoms in total. The van der Waals surface area contributed by atoms with Gasteiger partial charge in [0, 0.05) is 17.1 Å². The van der Waals surface area contributed by atoms with E-state index < -0.39 is 10.0 Å². The first-order valence-electron chi connectivity index (χ1n) is 7.33. The van der Waals surface area contributed by atoms with Crippen molar-refractivity contribution >= 4 is 26.0 Å². The Morgan fingerprint density at radius 1 is 1.38 bits per heavy atom. The second kappa shape index (κ2) is 6.77. The molecule has 1 aliphatic carbocycles. The van der Waals surface area contributed by atoms with E-state index in [1.807, 2.05) is 0 Å². The lowest BCUT2D eigenvalue weighted by Crippen LogP contribution is -2.34. The first-order chi connectivity index (χ1) is 9.91. The highest BCUT2D eigenvalue weighted by Gasteiger charge is 2.38. The van der Waals surface area contributed by atoms with Crippen LogP contribution in [0.15, 0.2) is 21.5 Å². The number of hydrogen-bond acceptors (Lipinski definition) is 3. The minimum atomic E-state index is -3.50. The molecular weight excluding hydrogens is 354 g/mol. The van der Waals surface area contributed by atoms with Crippen molar-refractivity contribution in [2.45, 2.75) is 57.1 Å². The molecule has 118 valence electrons. The number of unbranched alkanes of at least 4 members (excludes halogenated alkanes) is 1. The first-order valence-corrected chi connectivity index (χ1v) is 9.56. The van der Waals surface area contributed by atoms with Crippen LogP contribution >= 0.6 is 15.9 Å². The molecule has 0 amide bonds. The van der Waals surface area contributed by atoms with Crippen LogP contribution in [0.5, 0.6) is 0 Å². The largest absolute Gasteiger partial charge is 0.392 e. The fourth-order valence-electron chi connectivity index (χ4n) is 2.37. The van der Waals surface area contributed by atoms with E-state index in [-0.39, 0.29) is 12.6 Å². The maximum absolute atomic E-state index is 13.0. The highest BCUT2D eigenvalue weighted by Crippen LogP contribution is 2.35. The van der Waals surface area contributed by atoms with Gasteiger partial charge in [0.2, 0.25) is 10.0 Å². The van der Waals surface area contributed by atoms with Gasteiger partial charge in [-0.05, 0) is 49.4 Å². The van der Waals surface area contributed by atoms with Crippen LogP contribution in [-0.2, 0) is 16.6 Å². The zero-order valence-corrected chi connectivity index (χ0v) is 14.9. The van der Waals surface area contributed by atoms with Gasteiger partial charge in [-0.15, -0.1) is 0 Å². The van der Waals surface area contributed by atoms with E-state index in [4.69, 9.17) is 0 Å². The summed E-state index contributed by atoms with van der Waals surface area (Å²) < 4.78 is 28.3. The molecule has 0 unspecified atom stereocenters. The van der Waals surface area contributed by atoms with Crippen molar-refractivity contribution in [1.82, 2.24) is 4.31 Å². The van der Waals surface area contributed by atoms with Crippen molar-refractivity contribution in [2.24, 2.45) is 0 Å². The lowest BCUT2D eigenvalue weighted by Gasteiger charge is -2.23. The Morgan fingerprint density at radius 3 is 2.57 bits per heavy atom. The molecule has 1 aliphatic rings. The molecule has 0 bridgehead atoms. The summed E-state index contributed by atoms with van der Waals surface area (Å²) in [5, 5.41) is 9.32. The van der Waals surface area contributed by atoms with Crippen LogP contribution < -0.4 is 0 Å². The lowest BCUT2D eigenvalue weighted by atomic mass is 10.2. The molecule has 1 fully saturated rings. The SMILES string of the molecule is CCCCN(C1CC1)S(=O)(=O)c1cc(CO)cc(Br)c1C. The predicted molar refractivity (Wildman–Crippen MR) is 86.6 cm³/mol. The smallest absolute Gasteiger partial charge is 0.243 e. The van der Waals surface area contributed by atoms with Crippen molar-refractivity contribution in [3.05, 3.63) is 27.7 Å². The van der Waals surface area contributed by atoms with Crippen LogP contribution in [0.2, 0.25) is 0 Å². The van der Waals surface area contributed by atoms with Crippen molar-refractivity contribution in [3.8, 4) is 0 Å². The number of benzene rings is 1. The number of aliphatic hydroxyl groups excluding tert-OH is 1. The Balaban J connectivity index is 2.44. The van der Waals surface area contributed by atoms with Gasteiger partial charge >= 0.3 is 0 Å². The number of nitrogens with zero attached hydrogens (tertiary/aromatic N) is 1. The van der Waals surface area contributed by atoms with Crippen molar-refractivity contribution < 1.29 is 13.5 Å². The third-order valence-electron chi connectivity index (χ3n) is 3.81. The van der Waals surface area contributed by atoms with Crippen molar-refractivity contribution in [2.75, 3.05) is 6.54 Å². The van der Waals surface area contributed by atoms with Crippen LogP contribution in [0, 0.1) is 6.92 Å². The molecule has 0 radical (unpaired) electrons. The number of aliphatic hydroxyl groups is 1. The summed E-state index contributed by atoms with van der Waals surface area (Å²) in [7, 11) is -3.50. The third kappa shape index (κ3) is 3.67. The standard InChI is InChI=1S/C15H22BrNO3S/c1-3-4-7-17(13-5-6-13)21(19,20)15-9-12(10-18)8-14(16)11(15)2/h8-9,13,18H,3-7,10H2,1-2H3. The second-order valence-electron chi connectivity index (χ2n) is 5.56. The minimum Gasteiger partial charge on any atom is -0.392 e. The van der Waals surface area contributed by atoms with E-state index >= 15 is 0 Å². The average Bonchev–Trinajstić information content (AvgIpc) is 3.26. The van der Waals surface area contributed by atoms with Crippen molar-refractivity contribution in [1.29, 1.82) is 0 Å². The molecule has 1 N–H and O–H groups in total. The van der Waals surface area contributed by atoms with E-state index in [2.05, 4.69) is 22.9 Å². The molecular formula is C15H22BrNO3S. The molecule has 1 saturated carbocycles. The molecule has 0 aromatic heterocycles. The highest BCUT2D eigenvalue weighted by molar-refractivity contribution is 9.10. The number of sulfonamides is 1. The third-order valence-corrected chi connectivity index (χ3v) is 6.71. The molecule has 6 heteroatoms. The summed E-state index contributed by atoms with van der Waals surface area (Å²) >= 11 is 3.39. The van der Waals surface area contributed by atoms with Crippen LogP contribution in [-0.4, -0.2) is 30.4 Å². The molecule has 0 saturated heterocycles. The highest BCUT2D eigenvalue weighted by atomic mass is 79.9. The quantitative estimate of drug-likeness (QED) is 0.795. The summed E-state index contributed by atoms with van der Waals surface area (Å²) in [6, 6.07) is 3.51. The number of rotatable bonds is 7. The molecule has 0 heterocycles. The van der Waals surface area contributed by atoms with E-state index in [9.17, 15) is 13.5 Å². The summed E-state index contributed by atoms with van der Waals surface area (Å²) in [5.74, 6) is 0. The van der Waals surface area contributed by atoms with Crippen molar-refractivity contribution in [3.63, 3.8) is 0 Å². The topological polar surface area (TPSA) is 57.6 Å². The maximum Gasteiger partial charge on any atom is 0.243 e.